The fourth-order valence-corrected chi connectivity index (χ4v) is 2.36. The molecule has 2 aromatic carbocycles. The number of ether oxygens (including phenoxy) is 1. The molecule has 1 N–H and O–H groups in total. The van der Waals surface area contributed by atoms with Crippen molar-refractivity contribution in [3.05, 3.63) is 56.5 Å². The molecule has 0 saturated carbocycles. The summed E-state index contributed by atoms with van der Waals surface area (Å²) >= 11 is 15.6. The number of benzene rings is 2. The van der Waals surface area contributed by atoms with Gasteiger partial charge in [0, 0.05) is 27.3 Å². The molecule has 5 heteroatoms. The van der Waals surface area contributed by atoms with Gasteiger partial charge in [-0.3, -0.25) is 0 Å². The Balaban J connectivity index is 2.16. The predicted octanol–water partition coefficient (Wildman–Crippen LogP) is 5.38. The minimum Gasteiger partial charge on any atom is -0.496 e. The molecule has 0 heterocycles. The summed E-state index contributed by atoms with van der Waals surface area (Å²) in [5.74, 6) is 0.767. The van der Waals surface area contributed by atoms with E-state index in [1.807, 2.05) is 36.4 Å². The molecule has 0 bridgehead atoms. The van der Waals surface area contributed by atoms with Gasteiger partial charge in [0.15, 0.2) is 0 Å². The van der Waals surface area contributed by atoms with E-state index in [-0.39, 0.29) is 0 Å². The summed E-state index contributed by atoms with van der Waals surface area (Å²) < 4.78 is 6.17. The van der Waals surface area contributed by atoms with Crippen molar-refractivity contribution in [1.82, 2.24) is 0 Å². The Kier molecular flexibility index (Phi) is 4.97. The third-order valence-corrected chi connectivity index (χ3v) is 4.27. The molecule has 0 unspecified atom stereocenters. The lowest BCUT2D eigenvalue weighted by atomic mass is 10.2. The van der Waals surface area contributed by atoms with E-state index in [4.69, 9.17) is 27.9 Å². The maximum Gasteiger partial charge on any atom is 0.125 e. The van der Waals surface area contributed by atoms with E-state index in [1.165, 1.54) is 0 Å². The summed E-state index contributed by atoms with van der Waals surface area (Å²) in [6, 6.07) is 11.3. The van der Waals surface area contributed by atoms with E-state index >= 15 is 0 Å². The number of hydrogen-bond acceptors (Lipinski definition) is 2. The highest BCUT2D eigenvalue weighted by molar-refractivity contribution is 9.10. The van der Waals surface area contributed by atoms with Crippen LogP contribution in [-0.2, 0) is 6.54 Å². The second kappa shape index (κ2) is 6.51. The maximum atomic E-state index is 6.18. The molecule has 0 aromatic heterocycles. The highest BCUT2D eigenvalue weighted by atomic mass is 79.9. The lowest BCUT2D eigenvalue weighted by molar-refractivity contribution is 0.410. The van der Waals surface area contributed by atoms with Crippen molar-refractivity contribution >= 4 is 44.8 Å². The summed E-state index contributed by atoms with van der Waals surface area (Å²) in [4.78, 5) is 0. The van der Waals surface area contributed by atoms with Gasteiger partial charge in [0.1, 0.15) is 5.75 Å². The number of halogens is 3. The van der Waals surface area contributed by atoms with E-state index < -0.39 is 0 Å². The molecule has 100 valence electrons. The summed E-state index contributed by atoms with van der Waals surface area (Å²) in [6.45, 7) is 0.570. The van der Waals surface area contributed by atoms with Crippen molar-refractivity contribution in [3.63, 3.8) is 0 Å². The van der Waals surface area contributed by atoms with Crippen LogP contribution in [0.15, 0.2) is 40.9 Å². The molecular weight excluding hydrogens is 349 g/mol. The lowest BCUT2D eigenvalue weighted by Crippen LogP contribution is -2.02. The van der Waals surface area contributed by atoms with Gasteiger partial charge in [-0.2, -0.15) is 0 Å². The fraction of sp³-hybridized carbons (Fsp3) is 0.143. The molecule has 2 nitrogen and oxygen atoms in total. The minimum absolute atomic E-state index is 0.570. The first-order chi connectivity index (χ1) is 9.11. The highest BCUT2D eigenvalue weighted by Crippen LogP contribution is 2.29. The first kappa shape index (κ1) is 14.5. The van der Waals surface area contributed by atoms with Gasteiger partial charge >= 0.3 is 0 Å². The van der Waals surface area contributed by atoms with Gasteiger partial charge in [0.25, 0.3) is 0 Å². The second-order valence-corrected chi connectivity index (χ2v) is 5.57. The number of anilines is 1. The quantitative estimate of drug-likeness (QED) is 0.790. The molecule has 2 rings (SSSR count). The van der Waals surface area contributed by atoms with Crippen molar-refractivity contribution in [1.29, 1.82) is 0 Å². The van der Waals surface area contributed by atoms with E-state index in [0.717, 1.165) is 21.5 Å². The van der Waals surface area contributed by atoms with Crippen LogP contribution < -0.4 is 10.1 Å². The molecular formula is C14H12BrCl2NO. The Hall–Kier alpha value is -0.900. The van der Waals surface area contributed by atoms with Gasteiger partial charge in [0.2, 0.25) is 0 Å². The minimum atomic E-state index is 0.570. The molecule has 19 heavy (non-hydrogen) atoms. The fourth-order valence-electron chi connectivity index (χ4n) is 1.70. The van der Waals surface area contributed by atoms with Crippen LogP contribution >= 0.6 is 39.1 Å². The van der Waals surface area contributed by atoms with Crippen LogP contribution in [0, 0.1) is 0 Å². The summed E-state index contributed by atoms with van der Waals surface area (Å²) in [5, 5.41) is 4.61. The highest BCUT2D eigenvalue weighted by Gasteiger charge is 2.07. The van der Waals surface area contributed by atoms with Crippen molar-refractivity contribution in [2.24, 2.45) is 0 Å². The van der Waals surface area contributed by atoms with E-state index in [2.05, 4.69) is 21.2 Å². The summed E-state index contributed by atoms with van der Waals surface area (Å²) in [7, 11) is 1.63. The SMILES string of the molecule is COc1cccc(Cl)c1CNc1ccc(Br)c(Cl)c1. The molecule has 0 aliphatic carbocycles. The Bertz CT molecular complexity index is 590. The van der Waals surface area contributed by atoms with Crippen LogP contribution in [0.4, 0.5) is 5.69 Å². The zero-order valence-corrected chi connectivity index (χ0v) is 13.3. The molecule has 0 radical (unpaired) electrons. The summed E-state index contributed by atoms with van der Waals surface area (Å²) in [5.41, 5.74) is 1.85. The van der Waals surface area contributed by atoms with Crippen molar-refractivity contribution < 1.29 is 4.74 Å². The van der Waals surface area contributed by atoms with E-state index in [9.17, 15) is 0 Å². The molecule has 0 aliphatic rings. The molecule has 0 amide bonds. The molecule has 2 aromatic rings. The van der Waals surface area contributed by atoms with Crippen LogP contribution in [0.1, 0.15) is 5.56 Å². The third-order valence-electron chi connectivity index (χ3n) is 2.68. The zero-order chi connectivity index (χ0) is 13.8. The largest absolute Gasteiger partial charge is 0.496 e. The van der Waals surface area contributed by atoms with Gasteiger partial charge < -0.3 is 10.1 Å². The van der Waals surface area contributed by atoms with Crippen molar-refractivity contribution in [2.45, 2.75) is 6.54 Å². The van der Waals surface area contributed by atoms with Crippen LogP contribution in [-0.4, -0.2) is 7.11 Å². The monoisotopic (exact) mass is 359 g/mol. The summed E-state index contributed by atoms with van der Waals surface area (Å²) in [6.07, 6.45) is 0. The molecule has 0 saturated heterocycles. The lowest BCUT2D eigenvalue weighted by Gasteiger charge is -2.12. The average molecular weight is 361 g/mol. The smallest absolute Gasteiger partial charge is 0.125 e. The van der Waals surface area contributed by atoms with Gasteiger partial charge in [-0.15, -0.1) is 0 Å². The van der Waals surface area contributed by atoms with Crippen molar-refractivity contribution in [3.8, 4) is 5.75 Å². The number of methoxy groups -OCH3 is 1. The Labute approximate surface area is 130 Å². The third kappa shape index (κ3) is 3.56. The maximum absolute atomic E-state index is 6.18. The van der Waals surface area contributed by atoms with E-state index in [1.54, 1.807) is 7.11 Å². The Morgan fingerprint density at radius 1 is 1.16 bits per heavy atom. The topological polar surface area (TPSA) is 21.3 Å². The Morgan fingerprint density at radius 3 is 2.63 bits per heavy atom. The van der Waals surface area contributed by atoms with Gasteiger partial charge in [0.05, 0.1) is 12.1 Å². The van der Waals surface area contributed by atoms with E-state index in [0.29, 0.717) is 16.6 Å². The van der Waals surface area contributed by atoms with Gasteiger partial charge in [-0.25, -0.2) is 0 Å². The zero-order valence-electron chi connectivity index (χ0n) is 10.2. The predicted molar refractivity (Wildman–Crippen MR) is 84.5 cm³/mol. The normalized spacial score (nSPS) is 10.3. The van der Waals surface area contributed by atoms with Crippen LogP contribution in [0.5, 0.6) is 5.75 Å². The standard InChI is InChI=1S/C14H12BrCl2NO/c1-19-14-4-2-3-12(16)10(14)8-18-9-5-6-11(15)13(17)7-9/h2-7,18H,8H2,1H3. The van der Waals surface area contributed by atoms with Crippen LogP contribution in [0.3, 0.4) is 0 Å². The van der Waals surface area contributed by atoms with Crippen LogP contribution in [0.25, 0.3) is 0 Å². The molecule has 0 spiro atoms. The second-order valence-electron chi connectivity index (χ2n) is 3.90. The number of rotatable bonds is 4. The van der Waals surface area contributed by atoms with Gasteiger partial charge in [-0.05, 0) is 46.3 Å². The molecule has 0 aliphatic heterocycles. The van der Waals surface area contributed by atoms with Crippen molar-refractivity contribution in [2.75, 3.05) is 12.4 Å². The first-order valence-electron chi connectivity index (χ1n) is 5.62. The van der Waals surface area contributed by atoms with Gasteiger partial charge in [-0.1, -0.05) is 29.3 Å². The molecule has 0 atom stereocenters. The van der Waals surface area contributed by atoms with Crippen LogP contribution in [0.2, 0.25) is 10.0 Å². The Morgan fingerprint density at radius 2 is 1.95 bits per heavy atom. The number of nitrogens with one attached hydrogen (secondary N) is 1. The number of hydrogen-bond donors (Lipinski definition) is 1. The first-order valence-corrected chi connectivity index (χ1v) is 7.17. The molecule has 0 fully saturated rings. The average Bonchev–Trinajstić information content (AvgIpc) is 2.41.